The molecule has 0 saturated heterocycles. The van der Waals surface area contributed by atoms with Crippen LogP contribution >= 0.6 is 8.58 Å². The fourth-order valence-corrected chi connectivity index (χ4v) is 1.32. The van der Waals surface area contributed by atoms with Gasteiger partial charge in [0.05, 0.1) is 0 Å². The molecule has 0 aromatic heterocycles. The predicted octanol–water partition coefficient (Wildman–Crippen LogP) is 1.55. The van der Waals surface area contributed by atoms with Crippen molar-refractivity contribution in [2.24, 2.45) is 0 Å². The first-order valence-corrected chi connectivity index (χ1v) is 4.61. The summed E-state index contributed by atoms with van der Waals surface area (Å²) in [6.07, 6.45) is 3.47. The Bertz CT molecular complexity index is 83.1. The average molecular weight is 148 g/mol. The first-order chi connectivity index (χ1) is 4.27. The summed E-state index contributed by atoms with van der Waals surface area (Å²) in [7, 11) is 0.951. The third-order valence-electron chi connectivity index (χ3n) is 0.994. The summed E-state index contributed by atoms with van der Waals surface area (Å²) in [6, 6.07) is 0. The van der Waals surface area contributed by atoms with Crippen LogP contribution < -0.4 is 0 Å². The molecule has 0 spiro atoms. The Morgan fingerprint density at radius 3 is 2.78 bits per heavy atom. The topological polar surface area (TPSA) is 37.3 Å². The molecule has 0 fully saturated rings. The molecule has 0 aliphatic carbocycles. The van der Waals surface area contributed by atoms with Crippen molar-refractivity contribution in [1.29, 1.82) is 0 Å². The molecule has 1 atom stereocenters. The second-order valence-corrected chi connectivity index (χ2v) is 3.56. The normalized spacial score (nSPS) is 10.8. The van der Waals surface area contributed by atoms with Gasteiger partial charge in [0.15, 0.2) is 0 Å². The molecular weight excluding hydrogens is 135 g/mol. The van der Waals surface area contributed by atoms with Gasteiger partial charge in [-0.3, -0.25) is 4.79 Å². The highest BCUT2D eigenvalue weighted by Gasteiger charge is 1.93. The molecule has 9 heavy (non-hydrogen) atoms. The molecule has 2 nitrogen and oxygen atoms in total. The second-order valence-electron chi connectivity index (χ2n) is 1.85. The van der Waals surface area contributed by atoms with E-state index in [0.29, 0.717) is 6.42 Å². The zero-order valence-corrected chi connectivity index (χ0v) is 6.68. The van der Waals surface area contributed by atoms with Gasteiger partial charge in [-0.25, -0.2) is 0 Å². The number of hydrogen-bond donors (Lipinski definition) is 1. The van der Waals surface area contributed by atoms with Gasteiger partial charge in [0.1, 0.15) is 0 Å². The van der Waals surface area contributed by atoms with Gasteiger partial charge in [-0.15, -0.1) is 8.58 Å². The summed E-state index contributed by atoms with van der Waals surface area (Å²) in [4.78, 5) is 9.97. The number of hydrogen-bond acceptors (Lipinski definition) is 1. The van der Waals surface area contributed by atoms with Crippen LogP contribution in [0, 0.1) is 0 Å². The Morgan fingerprint density at radius 1 is 1.67 bits per heavy atom. The van der Waals surface area contributed by atoms with Crippen molar-refractivity contribution in [2.75, 3.05) is 12.3 Å². The lowest BCUT2D eigenvalue weighted by molar-refractivity contribution is -0.137. The standard InChI is InChI=1S/C6H13O2P/c1-2-9-5-3-4-6(7)8/h9H,2-5H2,1H3,(H,7,8). The first-order valence-electron chi connectivity index (χ1n) is 3.20. The molecule has 54 valence electrons. The third-order valence-corrected chi connectivity index (χ3v) is 2.20. The third kappa shape index (κ3) is 7.90. The van der Waals surface area contributed by atoms with E-state index in [1.54, 1.807) is 0 Å². The highest BCUT2D eigenvalue weighted by Crippen LogP contribution is 2.10. The van der Waals surface area contributed by atoms with Crippen molar-refractivity contribution in [1.82, 2.24) is 0 Å². The Kier molecular flexibility index (Phi) is 5.96. The highest BCUT2D eigenvalue weighted by atomic mass is 31.1. The zero-order chi connectivity index (χ0) is 7.11. The summed E-state index contributed by atoms with van der Waals surface area (Å²) in [6.45, 7) is 2.12. The lowest BCUT2D eigenvalue weighted by Crippen LogP contribution is -1.94. The number of rotatable bonds is 5. The Hall–Kier alpha value is -0.100. The van der Waals surface area contributed by atoms with Crippen molar-refractivity contribution in [3.05, 3.63) is 0 Å². The zero-order valence-electron chi connectivity index (χ0n) is 5.68. The quantitative estimate of drug-likeness (QED) is 0.474. The summed E-state index contributed by atoms with van der Waals surface area (Å²) in [5.41, 5.74) is 0. The minimum absolute atomic E-state index is 0.340. The van der Waals surface area contributed by atoms with Gasteiger partial charge >= 0.3 is 5.97 Å². The van der Waals surface area contributed by atoms with Crippen molar-refractivity contribution in [3.63, 3.8) is 0 Å². The molecule has 0 saturated carbocycles. The van der Waals surface area contributed by atoms with Crippen molar-refractivity contribution in [2.45, 2.75) is 19.8 Å². The van der Waals surface area contributed by atoms with E-state index in [1.165, 1.54) is 6.16 Å². The molecule has 1 N–H and O–H groups in total. The van der Waals surface area contributed by atoms with E-state index in [-0.39, 0.29) is 0 Å². The van der Waals surface area contributed by atoms with E-state index in [4.69, 9.17) is 5.11 Å². The van der Waals surface area contributed by atoms with E-state index in [2.05, 4.69) is 6.92 Å². The van der Waals surface area contributed by atoms with Crippen LogP contribution in [-0.2, 0) is 4.79 Å². The minimum atomic E-state index is -0.670. The average Bonchev–Trinajstić information content (AvgIpc) is 1.80. The molecule has 0 bridgehead atoms. The summed E-state index contributed by atoms with van der Waals surface area (Å²) in [5, 5.41) is 8.22. The number of carbonyl (C=O) groups is 1. The van der Waals surface area contributed by atoms with Crippen LogP contribution in [0.25, 0.3) is 0 Å². The van der Waals surface area contributed by atoms with Crippen molar-refractivity contribution >= 4 is 14.6 Å². The van der Waals surface area contributed by atoms with Gasteiger partial charge in [0, 0.05) is 6.42 Å². The predicted molar refractivity (Wildman–Crippen MR) is 40.6 cm³/mol. The number of carboxylic acids is 1. The number of aliphatic carboxylic acids is 1. The Balaban J connectivity index is 2.83. The lowest BCUT2D eigenvalue weighted by Gasteiger charge is -1.93. The number of carboxylic acid groups (broad SMARTS) is 1. The fourth-order valence-electron chi connectivity index (χ4n) is 0.541. The molecule has 0 amide bonds. The van der Waals surface area contributed by atoms with Crippen LogP contribution in [0.4, 0.5) is 0 Å². The smallest absolute Gasteiger partial charge is 0.303 e. The van der Waals surface area contributed by atoms with Crippen LogP contribution in [0.15, 0.2) is 0 Å². The maximum absolute atomic E-state index is 9.97. The van der Waals surface area contributed by atoms with E-state index in [1.807, 2.05) is 0 Å². The van der Waals surface area contributed by atoms with E-state index >= 15 is 0 Å². The maximum atomic E-state index is 9.97. The molecule has 0 radical (unpaired) electrons. The molecule has 0 aromatic carbocycles. The van der Waals surface area contributed by atoms with Gasteiger partial charge in [-0.05, 0) is 18.7 Å². The molecule has 0 aliphatic rings. The molecule has 0 aromatic rings. The van der Waals surface area contributed by atoms with E-state index in [0.717, 1.165) is 21.2 Å². The van der Waals surface area contributed by atoms with Gasteiger partial charge in [0.25, 0.3) is 0 Å². The molecule has 0 rings (SSSR count). The first kappa shape index (κ1) is 8.90. The van der Waals surface area contributed by atoms with Gasteiger partial charge < -0.3 is 5.11 Å². The van der Waals surface area contributed by atoms with Crippen LogP contribution in [0.5, 0.6) is 0 Å². The van der Waals surface area contributed by atoms with Crippen molar-refractivity contribution in [3.8, 4) is 0 Å². The van der Waals surface area contributed by atoms with Crippen LogP contribution in [0.3, 0.4) is 0 Å². The van der Waals surface area contributed by atoms with Gasteiger partial charge in [-0.1, -0.05) is 6.92 Å². The molecule has 0 heterocycles. The molecule has 3 heteroatoms. The van der Waals surface area contributed by atoms with Gasteiger partial charge in [-0.2, -0.15) is 0 Å². The summed E-state index contributed by atoms with van der Waals surface area (Å²) in [5.74, 6) is -0.670. The Labute approximate surface area is 57.4 Å². The highest BCUT2D eigenvalue weighted by molar-refractivity contribution is 7.37. The summed E-state index contributed by atoms with van der Waals surface area (Å²) < 4.78 is 0. The molecule has 0 aliphatic heterocycles. The maximum Gasteiger partial charge on any atom is 0.303 e. The second kappa shape index (κ2) is 6.03. The largest absolute Gasteiger partial charge is 0.481 e. The SMILES string of the molecule is CCPCCCC(=O)O. The Morgan fingerprint density at radius 2 is 2.33 bits per heavy atom. The van der Waals surface area contributed by atoms with Crippen molar-refractivity contribution < 1.29 is 9.90 Å². The van der Waals surface area contributed by atoms with Crippen LogP contribution in [0.1, 0.15) is 19.8 Å². The molecule has 1 unspecified atom stereocenters. The van der Waals surface area contributed by atoms with E-state index in [9.17, 15) is 4.79 Å². The monoisotopic (exact) mass is 148 g/mol. The van der Waals surface area contributed by atoms with Crippen LogP contribution in [0.2, 0.25) is 0 Å². The van der Waals surface area contributed by atoms with Gasteiger partial charge in [0.2, 0.25) is 0 Å². The lowest BCUT2D eigenvalue weighted by atomic mass is 10.3. The summed E-state index contributed by atoms with van der Waals surface area (Å²) >= 11 is 0. The van der Waals surface area contributed by atoms with E-state index < -0.39 is 5.97 Å². The fraction of sp³-hybridized carbons (Fsp3) is 0.833. The van der Waals surface area contributed by atoms with Crippen LogP contribution in [-0.4, -0.2) is 23.4 Å². The molecular formula is C6H13O2P. The minimum Gasteiger partial charge on any atom is -0.481 e.